The average Bonchev–Trinajstić information content (AvgIpc) is 3.55. The van der Waals surface area contributed by atoms with Crippen molar-refractivity contribution in [2.24, 2.45) is 0 Å². The number of carbonyl (C=O) groups is 2. The highest BCUT2D eigenvalue weighted by Crippen LogP contribution is 2.21. The van der Waals surface area contributed by atoms with Crippen molar-refractivity contribution in [1.29, 1.82) is 0 Å². The molecule has 5 rings (SSSR count). The number of nitrogens with zero attached hydrogens (tertiary/aromatic N) is 5. The van der Waals surface area contributed by atoms with E-state index in [0.29, 0.717) is 22.9 Å². The minimum absolute atomic E-state index is 0.171. The number of amides is 1. The zero-order valence-electron chi connectivity index (χ0n) is 19.8. The molecular weight excluding hydrogens is 456 g/mol. The monoisotopic (exact) mass is 480 g/mol. The molecule has 180 valence electrons. The predicted octanol–water partition coefficient (Wildman–Crippen LogP) is 5.31. The van der Waals surface area contributed by atoms with Crippen LogP contribution >= 0.6 is 0 Å². The minimum Gasteiger partial charge on any atom is -0.444 e. The molecule has 9 heteroatoms. The normalized spacial score (nSPS) is 11.1. The summed E-state index contributed by atoms with van der Waals surface area (Å²) in [7, 11) is 0. The topological polar surface area (TPSA) is 104 Å². The van der Waals surface area contributed by atoms with E-state index in [1.54, 1.807) is 43.0 Å². The van der Waals surface area contributed by atoms with Crippen LogP contribution in [-0.2, 0) is 11.3 Å². The van der Waals surface area contributed by atoms with Crippen LogP contribution in [0, 0.1) is 0 Å². The van der Waals surface area contributed by atoms with E-state index in [2.05, 4.69) is 20.5 Å². The number of rotatable bonds is 6. The molecule has 0 saturated carbocycles. The molecule has 2 aromatic carbocycles. The van der Waals surface area contributed by atoms with Crippen molar-refractivity contribution in [2.45, 2.75) is 26.5 Å². The maximum absolute atomic E-state index is 12.9. The summed E-state index contributed by atoms with van der Waals surface area (Å²) in [5.74, 6) is 0.715. The van der Waals surface area contributed by atoms with Gasteiger partial charge in [0.15, 0.2) is 5.82 Å². The molecule has 0 atom stereocenters. The van der Waals surface area contributed by atoms with Gasteiger partial charge < -0.3 is 14.6 Å². The lowest BCUT2D eigenvalue weighted by molar-refractivity contribution is 0.102. The van der Waals surface area contributed by atoms with Crippen molar-refractivity contribution < 1.29 is 14.3 Å². The van der Waals surface area contributed by atoms with Gasteiger partial charge in [0, 0.05) is 34.8 Å². The number of anilines is 1. The largest absolute Gasteiger partial charge is 0.444 e. The molecule has 3 aromatic heterocycles. The standard InChI is InChI=1S/C27H24N6O3/c1-18(2)33-17-28-31-25(33)23-9-6-10-24(29-23)30-26(34)20-11-12-21-14-32(15-22(21)13-20)27(35)36-16-19-7-4-3-5-8-19/h3-15,17-18H,16H2,1-2H3,(H,29,30,34). The van der Waals surface area contributed by atoms with Crippen LogP contribution in [-0.4, -0.2) is 36.3 Å². The van der Waals surface area contributed by atoms with E-state index in [0.717, 1.165) is 16.3 Å². The fourth-order valence-corrected chi connectivity index (χ4v) is 3.80. The van der Waals surface area contributed by atoms with E-state index in [-0.39, 0.29) is 18.6 Å². The second kappa shape index (κ2) is 9.83. The van der Waals surface area contributed by atoms with Crippen LogP contribution in [0.5, 0.6) is 0 Å². The van der Waals surface area contributed by atoms with E-state index >= 15 is 0 Å². The van der Waals surface area contributed by atoms with Crippen molar-refractivity contribution in [3.05, 3.63) is 96.6 Å². The minimum atomic E-state index is -0.490. The lowest BCUT2D eigenvalue weighted by atomic mass is 10.1. The van der Waals surface area contributed by atoms with Gasteiger partial charge in [-0.15, -0.1) is 10.2 Å². The van der Waals surface area contributed by atoms with Crippen LogP contribution in [0.15, 0.2) is 85.5 Å². The zero-order valence-corrected chi connectivity index (χ0v) is 19.8. The lowest BCUT2D eigenvalue weighted by Crippen LogP contribution is -2.13. The fourth-order valence-electron chi connectivity index (χ4n) is 3.80. The van der Waals surface area contributed by atoms with E-state index in [9.17, 15) is 9.59 Å². The van der Waals surface area contributed by atoms with Crippen LogP contribution in [0.1, 0.15) is 35.8 Å². The summed E-state index contributed by atoms with van der Waals surface area (Å²) in [6.07, 6.45) is 4.50. The van der Waals surface area contributed by atoms with Gasteiger partial charge in [0.05, 0.1) is 0 Å². The molecule has 1 amide bonds. The third kappa shape index (κ3) is 4.85. The second-order valence-electron chi connectivity index (χ2n) is 8.57. The van der Waals surface area contributed by atoms with Gasteiger partial charge in [-0.2, -0.15) is 0 Å². The van der Waals surface area contributed by atoms with Crippen molar-refractivity contribution in [3.63, 3.8) is 0 Å². The molecule has 0 fully saturated rings. The predicted molar refractivity (Wildman–Crippen MR) is 136 cm³/mol. The van der Waals surface area contributed by atoms with E-state index in [1.807, 2.05) is 60.9 Å². The van der Waals surface area contributed by atoms with Gasteiger partial charge in [-0.3, -0.25) is 9.36 Å². The Bertz CT molecular complexity index is 1540. The van der Waals surface area contributed by atoms with E-state index in [4.69, 9.17) is 4.74 Å². The molecule has 5 aromatic rings. The highest BCUT2D eigenvalue weighted by Gasteiger charge is 2.14. The number of fused-ring (bicyclic) bond motifs is 1. The van der Waals surface area contributed by atoms with Crippen molar-refractivity contribution in [1.82, 2.24) is 24.3 Å². The maximum atomic E-state index is 12.9. The van der Waals surface area contributed by atoms with Gasteiger partial charge in [-0.25, -0.2) is 9.78 Å². The molecular formula is C27H24N6O3. The first-order chi connectivity index (χ1) is 17.5. The molecule has 36 heavy (non-hydrogen) atoms. The first kappa shape index (κ1) is 23.0. The van der Waals surface area contributed by atoms with E-state index in [1.165, 1.54) is 4.57 Å². The third-order valence-corrected chi connectivity index (χ3v) is 5.67. The molecule has 0 aliphatic heterocycles. The smallest absolute Gasteiger partial charge is 0.418 e. The van der Waals surface area contributed by atoms with Gasteiger partial charge in [-0.1, -0.05) is 42.5 Å². The van der Waals surface area contributed by atoms with Crippen LogP contribution in [0.4, 0.5) is 10.6 Å². The highest BCUT2D eigenvalue weighted by molar-refractivity contribution is 6.06. The summed E-state index contributed by atoms with van der Waals surface area (Å²) in [6, 6.07) is 20.2. The number of nitrogens with one attached hydrogen (secondary N) is 1. The number of carbonyl (C=O) groups excluding carboxylic acids is 2. The number of hydrogen-bond donors (Lipinski definition) is 1. The zero-order chi connectivity index (χ0) is 25.1. The molecule has 0 spiro atoms. The molecule has 0 bridgehead atoms. The van der Waals surface area contributed by atoms with Crippen molar-refractivity contribution in [2.75, 3.05) is 5.32 Å². The van der Waals surface area contributed by atoms with Gasteiger partial charge >= 0.3 is 6.09 Å². The van der Waals surface area contributed by atoms with Crippen molar-refractivity contribution in [3.8, 4) is 11.5 Å². The van der Waals surface area contributed by atoms with Crippen LogP contribution in [0.2, 0.25) is 0 Å². The highest BCUT2D eigenvalue weighted by atomic mass is 16.5. The molecule has 9 nitrogen and oxygen atoms in total. The van der Waals surface area contributed by atoms with Gasteiger partial charge in [0.25, 0.3) is 5.91 Å². The summed E-state index contributed by atoms with van der Waals surface area (Å²) in [6.45, 7) is 4.25. The molecule has 0 saturated heterocycles. The molecule has 0 aliphatic carbocycles. The summed E-state index contributed by atoms with van der Waals surface area (Å²) < 4.78 is 8.68. The Morgan fingerprint density at radius 2 is 1.78 bits per heavy atom. The number of aromatic nitrogens is 5. The first-order valence-corrected chi connectivity index (χ1v) is 11.5. The number of pyridine rings is 1. The van der Waals surface area contributed by atoms with E-state index < -0.39 is 6.09 Å². The Balaban J connectivity index is 1.30. The average molecular weight is 481 g/mol. The Kier molecular flexibility index (Phi) is 6.27. The first-order valence-electron chi connectivity index (χ1n) is 11.5. The Morgan fingerprint density at radius 3 is 2.58 bits per heavy atom. The summed E-state index contributed by atoms with van der Waals surface area (Å²) in [4.78, 5) is 30.0. The molecule has 3 heterocycles. The summed E-state index contributed by atoms with van der Waals surface area (Å²) >= 11 is 0. The summed E-state index contributed by atoms with van der Waals surface area (Å²) in [5, 5.41) is 12.5. The fraction of sp³-hybridized carbons (Fsp3) is 0.148. The van der Waals surface area contributed by atoms with Gasteiger partial charge in [0.2, 0.25) is 0 Å². The Hall–Kier alpha value is -4.79. The second-order valence-corrected chi connectivity index (χ2v) is 8.57. The quantitative estimate of drug-likeness (QED) is 0.353. The van der Waals surface area contributed by atoms with Crippen LogP contribution in [0.25, 0.3) is 22.3 Å². The number of hydrogen-bond acceptors (Lipinski definition) is 6. The Morgan fingerprint density at radius 1 is 0.972 bits per heavy atom. The van der Waals surface area contributed by atoms with Crippen LogP contribution < -0.4 is 5.32 Å². The summed E-state index contributed by atoms with van der Waals surface area (Å²) in [5.41, 5.74) is 1.96. The number of ether oxygens (including phenoxy) is 1. The van der Waals surface area contributed by atoms with Gasteiger partial charge in [-0.05, 0) is 43.7 Å². The molecule has 0 aliphatic rings. The molecule has 0 radical (unpaired) electrons. The maximum Gasteiger partial charge on any atom is 0.418 e. The number of benzene rings is 2. The molecule has 1 N–H and O–H groups in total. The van der Waals surface area contributed by atoms with Crippen LogP contribution in [0.3, 0.4) is 0 Å². The van der Waals surface area contributed by atoms with Gasteiger partial charge in [0.1, 0.15) is 24.4 Å². The van der Waals surface area contributed by atoms with Crippen molar-refractivity contribution >= 4 is 28.6 Å². The Labute approximate surface area is 207 Å². The third-order valence-electron chi connectivity index (χ3n) is 5.67. The lowest BCUT2D eigenvalue weighted by Gasteiger charge is -2.10. The SMILES string of the molecule is CC(C)n1cnnc1-c1cccc(NC(=O)c2ccc3cn(C(=O)OCc4ccccc4)cc3c2)n1. The molecule has 0 unspecified atom stereocenters.